The maximum Gasteiger partial charge on any atom is 0.224 e. The topological polar surface area (TPSA) is 107 Å². The lowest BCUT2D eigenvalue weighted by Gasteiger charge is -2.22. The first-order chi connectivity index (χ1) is 14.5. The molecule has 4 N–H and O–H groups in total. The van der Waals surface area contributed by atoms with Gasteiger partial charge in [0.05, 0.1) is 29.0 Å². The van der Waals surface area contributed by atoms with E-state index in [0.717, 1.165) is 28.3 Å². The molecule has 1 unspecified atom stereocenters. The quantitative estimate of drug-likeness (QED) is 0.505. The molecule has 30 heavy (non-hydrogen) atoms. The molecule has 1 aliphatic carbocycles. The second-order valence-corrected chi connectivity index (χ2v) is 7.58. The number of hydrogen-bond donors (Lipinski definition) is 4. The molecular weight excluding hydrogens is 380 g/mol. The summed E-state index contributed by atoms with van der Waals surface area (Å²) in [6, 6.07) is 13.4. The van der Waals surface area contributed by atoms with Crippen LogP contribution in [0.2, 0.25) is 0 Å². The van der Waals surface area contributed by atoms with Crippen LogP contribution in [0.3, 0.4) is 0 Å². The van der Waals surface area contributed by atoms with Crippen LogP contribution in [0.15, 0.2) is 54.9 Å². The van der Waals surface area contributed by atoms with Gasteiger partial charge in [-0.15, -0.1) is 0 Å². The minimum absolute atomic E-state index is 0.0802. The number of nitrogens with one attached hydrogen (secondary N) is 3. The number of anilines is 2. The zero-order valence-corrected chi connectivity index (χ0v) is 16.7. The van der Waals surface area contributed by atoms with E-state index in [0.29, 0.717) is 12.0 Å². The third-order valence-electron chi connectivity index (χ3n) is 5.19. The maximum absolute atomic E-state index is 13.1. The van der Waals surface area contributed by atoms with Crippen molar-refractivity contribution in [2.45, 2.75) is 25.9 Å². The number of carbonyl (C=O) groups is 2. The number of aromatic amines is 1. The predicted octanol–water partition coefficient (Wildman–Crippen LogP) is 3.06. The lowest BCUT2D eigenvalue weighted by Crippen LogP contribution is -2.38. The summed E-state index contributed by atoms with van der Waals surface area (Å²) in [7, 11) is 0. The molecule has 4 rings (SSSR count). The van der Waals surface area contributed by atoms with Crippen molar-refractivity contribution in [3.8, 4) is 11.3 Å². The number of amides is 1. The van der Waals surface area contributed by atoms with Crippen molar-refractivity contribution in [1.82, 2.24) is 15.3 Å². The number of para-hydroxylation sites is 1. The van der Waals surface area contributed by atoms with E-state index in [-0.39, 0.29) is 24.7 Å². The van der Waals surface area contributed by atoms with E-state index in [1.54, 1.807) is 19.3 Å². The van der Waals surface area contributed by atoms with Gasteiger partial charge in [0.1, 0.15) is 0 Å². The average molecular weight is 404 g/mol. The number of hydrogen-bond acceptors (Lipinski definition) is 5. The van der Waals surface area contributed by atoms with Crippen molar-refractivity contribution in [3.63, 3.8) is 0 Å². The van der Waals surface area contributed by atoms with Gasteiger partial charge < -0.3 is 20.7 Å². The number of H-pyrrole nitrogens is 1. The Morgan fingerprint density at radius 1 is 1.20 bits per heavy atom. The Labute approximate surface area is 174 Å². The van der Waals surface area contributed by atoms with Gasteiger partial charge in [-0.25, -0.2) is 0 Å². The molecule has 0 radical (unpaired) electrons. The van der Waals surface area contributed by atoms with E-state index in [2.05, 4.69) is 20.6 Å². The molecule has 0 saturated carbocycles. The summed E-state index contributed by atoms with van der Waals surface area (Å²) >= 11 is 0. The van der Waals surface area contributed by atoms with E-state index in [4.69, 9.17) is 0 Å². The van der Waals surface area contributed by atoms with Crippen LogP contribution in [0.5, 0.6) is 0 Å². The molecule has 2 heterocycles. The molecule has 0 fully saturated rings. The Morgan fingerprint density at radius 3 is 2.63 bits per heavy atom. The van der Waals surface area contributed by atoms with Crippen molar-refractivity contribution in [2.75, 3.05) is 11.9 Å². The van der Waals surface area contributed by atoms with Crippen LogP contribution in [0, 0.1) is 5.92 Å². The average Bonchev–Trinajstić information content (AvgIpc) is 3.12. The summed E-state index contributed by atoms with van der Waals surface area (Å²) in [6.07, 6.45) is 3.34. The SMILES string of the molecule is C[C@H](O)CNC(=O)C1CC(=O)c2c([nH]c(-c3ccncc3)c2Nc2ccccc2)C1. The molecule has 7 nitrogen and oxygen atoms in total. The third-order valence-corrected chi connectivity index (χ3v) is 5.19. The number of aromatic nitrogens is 2. The molecule has 1 aromatic carbocycles. The number of nitrogens with zero attached hydrogens (tertiary/aromatic N) is 1. The van der Waals surface area contributed by atoms with Gasteiger partial charge in [-0.05, 0) is 31.2 Å². The number of aliphatic hydroxyl groups is 1. The second kappa shape index (κ2) is 8.51. The Morgan fingerprint density at radius 2 is 1.93 bits per heavy atom. The van der Waals surface area contributed by atoms with Crippen molar-refractivity contribution in [3.05, 3.63) is 66.1 Å². The summed E-state index contributed by atoms with van der Waals surface area (Å²) in [4.78, 5) is 33.0. The second-order valence-electron chi connectivity index (χ2n) is 7.58. The number of ketones is 1. The van der Waals surface area contributed by atoms with Crippen LogP contribution in [-0.4, -0.2) is 39.4 Å². The van der Waals surface area contributed by atoms with Crippen LogP contribution in [0.4, 0.5) is 11.4 Å². The predicted molar refractivity (Wildman–Crippen MR) is 115 cm³/mol. The third kappa shape index (κ3) is 4.11. The van der Waals surface area contributed by atoms with E-state index in [9.17, 15) is 14.7 Å². The first-order valence-corrected chi connectivity index (χ1v) is 9.99. The summed E-state index contributed by atoms with van der Waals surface area (Å²) < 4.78 is 0. The standard InChI is InChI=1S/C23H24N4O3/c1-14(28)13-25-23(30)16-11-18-20(19(29)12-16)22(26-17-5-3-2-4-6-17)21(27-18)15-7-9-24-10-8-15/h2-10,14,16,26-28H,11-13H2,1H3,(H,25,30)/t14-,16?/m0/s1. The van der Waals surface area contributed by atoms with Gasteiger partial charge in [0.2, 0.25) is 5.91 Å². The number of aliphatic hydroxyl groups excluding tert-OH is 1. The number of rotatable bonds is 6. The smallest absolute Gasteiger partial charge is 0.224 e. The van der Waals surface area contributed by atoms with E-state index in [1.807, 2.05) is 42.5 Å². The largest absolute Gasteiger partial charge is 0.392 e. The van der Waals surface area contributed by atoms with Gasteiger partial charge in [-0.1, -0.05) is 18.2 Å². The zero-order chi connectivity index (χ0) is 21.1. The molecule has 0 aliphatic heterocycles. The fourth-order valence-corrected chi connectivity index (χ4v) is 3.76. The summed E-state index contributed by atoms with van der Waals surface area (Å²) in [5.74, 6) is -0.756. The molecule has 0 bridgehead atoms. The molecular formula is C23H24N4O3. The minimum Gasteiger partial charge on any atom is -0.392 e. The highest BCUT2D eigenvalue weighted by Crippen LogP contribution is 2.39. The Bertz CT molecular complexity index is 1050. The van der Waals surface area contributed by atoms with Crippen molar-refractivity contribution >= 4 is 23.1 Å². The van der Waals surface area contributed by atoms with Gasteiger partial charge >= 0.3 is 0 Å². The van der Waals surface area contributed by atoms with Crippen LogP contribution in [0.1, 0.15) is 29.4 Å². The van der Waals surface area contributed by atoms with E-state index >= 15 is 0 Å². The lowest BCUT2D eigenvalue weighted by molar-refractivity contribution is -0.125. The highest BCUT2D eigenvalue weighted by atomic mass is 16.3. The van der Waals surface area contributed by atoms with E-state index in [1.165, 1.54) is 0 Å². The van der Waals surface area contributed by atoms with Gasteiger partial charge in [0, 0.05) is 48.7 Å². The Hall–Kier alpha value is -3.45. The lowest BCUT2D eigenvalue weighted by atomic mass is 9.85. The molecule has 0 spiro atoms. The molecule has 154 valence electrons. The van der Waals surface area contributed by atoms with E-state index < -0.39 is 12.0 Å². The zero-order valence-electron chi connectivity index (χ0n) is 16.7. The minimum atomic E-state index is -0.630. The monoisotopic (exact) mass is 404 g/mol. The summed E-state index contributed by atoms with van der Waals surface area (Å²) in [5, 5.41) is 15.5. The Balaban J connectivity index is 1.71. The molecule has 2 atom stereocenters. The molecule has 1 aliphatic rings. The molecule has 7 heteroatoms. The Kier molecular flexibility index (Phi) is 5.63. The summed E-state index contributed by atoms with van der Waals surface area (Å²) in [6.45, 7) is 1.78. The molecule has 1 amide bonds. The highest BCUT2D eigenvalue weighted by molar-refractivity contribution is 6.09. The number of Topliss-reactive ketones (excluding diaryl/α,β-unsaturated/α-hetero) is 1. The van der Waals surface area contributed by atoms with Crippen LogP contribution in [0.25, 0.3) is 11.3 Å². The normalized spacial score (nSPS) is 16.6. The van der Waals surface area contributed by atoms with Crippen molar-refractivity contribution in [2.24, 2.45) is 5.92 Å². The number of fused-ring (bicyclic) bond motifs is 1. The number of carbonyl (C=O) groups excluding carboxylic acids is 2. The molecule has 0 saturated heterocycles. The van der Waals surface area contributed by atoms with Crippen LogP contribution in [-0.2, 0) is 11.2 Å². The van der Waals surface area contributed by atoms with Crippen molar-refractivity contribution < 1.29 is 14.7 Å². The van der Waals surface area contributed by atoms with Gasteiger partial charge in [-0.3, -0.25) is 14.6 Å². The van der Waals surface area contributed by atoms with Gasteiger partial charge in [-0.2, -0.15) is 0 Å². The van der Waals surface area contributed by atoms with Crippen LogP contribution < -0.4 is 10.6 Å². The molecule has 3 aromatic rings. The fourth-order valence-electron chi connectivity index (χ4n) is 3.76. The van der Waals surface area contributed by atoms with Crippen molar-refractivity contribution in [1.29, 1.82) is 0 Å². The summed E-state index contributed by atoms with van der Waals surface area (Å²) in [5.41, 5.74) is 4.64. The molecule has 2 aromatic heterocycles. The highest BCUT2D eigenvalue weighted by Gasteiger charge is 2.34. The first kappa shape index (κ1) is 19.8. The van der Waals surface area contributed by atoms with Crippen LogP contribution >= 0.6 is 0 Å². The number of benzene rings is 1. The van der Waals surface area contributed by atoms with Gasteiger partial charge in [0.25, 0.3) is 0 Å². The fraction of sp³-hybridized carbons (Fsp3) is 0.261. The first-order valence-electron chi connectivity index (χ1n) is 9.99. The number of pyridine rings is 1. The maximum atomic E-state index is 13.1. The van der Waals surface area contributed by atoms with Gasteiger partial charge in [0.15, 0.2) is 5.78 Å².